The van der Waals surface area contributed by atoms with E-state index < -0.39 is 0 Å². The number of hydrogen-bond acceptors (Lipinski definition) is 4. The molecule has 1 aromatic carbocycles. The van der Waals surface area contributed by atoms with Gasteiger partial charge in [0.2, 0.25) is 18.2 Å². The van der Waals surface area contributed by atoms with E-state index in [9.17, 15) is 14.4 Å². The molecule has 0 radical (unpaired) electrons. The highest BCUT2D eigenvalue weighted by molar-refractivity contribution is 6.30. The predicted octanol–water partition coefficient (Wildman–Crippen LogP) is 5.43. The second kappa shape index (κ2) is 20.6. The van der Waals surface area contributed by atoms with E-state index >= 15 is 0 Å². The van der Waals surface area contributed by atoms with Crippen LogP contribution in [0, 0.1) is 5.92 Å². The summed E-state index contributed by atoms with van der Waals surface area (Å²) in [6.07, 6.45) is 7.79. The molecule has 38 heavy (non-hydrogen) atoms. The van der Waals surface area contributed by atoms with Crippen molar-refractivity contribution in [2.75, 3.05) is 26.7 Å². The van der Waals surface area contributed by atoms with E-state index in [4.69, 9.17) is 11.6 Å². The molecule has 1 aliphatic rings. The number of halogens is 1. The van der Waals surface area contributed by atoms with Gasteiger partial charge in [-0.2, -0.15) is 0 Å². The van der Waals surface area contributed by atoms with Gasteiger partial charge in [0, 0.05) is 30.2 Å². The van der Waals surface area contributed by atoms with Crippen molar-refractivity contribution < 1.29 is 14.4 Å². The Kier molecular flexibility index (Phi) is 19.3. The van der Waals surface area contributed by atoms with Crippen molar-refractivity contribution in [1.29, 1.82) is 0 Å². The number of rotatable bonds is 10. The number of carbonyl (C=O) groups is 3. The zero-order valence-electron chi connectivity index (χ0n) is 24.9. The Bertz CT molecular complexity index is 852. The zero-order valence-corrected chi connectivity index (χ0v) is 25.6. The van der Waals surface area contributed by atoms with Gasteiger partial charge in [-0.15, -0.1) is 0 Å². The van der Waals surface area contributed by atoms with Crippen LogP contribution in [-0.4, -0.2) is 66.8 Å². The van der Waals surface area contributed by atoms with Gasteiger partial charge in [-0.05, 0) is 70.3 Å². The molecule has 1 heterocycles. The Morgan fingerprint density at radius 1 is 1.11 bits per heavy atom. The highest BCUT2D eigenvalue weighted by Crippen LogP contribution is 2.14. The van der Waals surface area contributed by atoms with Gasteiger partial charge in [0.05, 0.1) is 12.6 Å². The van der Waals surface area contributed by atoms with Gasteiger partial charge < -0.3 is 20.4 Å². The van der Waals surface area contributed by atoms with Crippen molar-refractivity contribution in [3.8, 4) is 0 Å². The smallest absolute Gasteiger partial charge is 0.246 e. The maximum absolute atomic E-state index is 12.3. The lowest BCUT2D eigenvalue weighted by atomic mass is 9.99. The third-order valence-electron chi connectivity index (χ3n) is 6.10. The molecule has 0 spiro atoms. The van der Waals surface area contributed by atoms with Gasteiger partial charge in [0.25, 0.3) is 0 Å². The van der Waals surface area contributed by atoms with Crippen molar-refractivity contribution in [3.05, 3.63) is 46.5 Å². The van der Waals surface area contributed by atoms with E-state index in [1.807, 2.05) is 26.0 Å². The molecule has 0 aliphatic carbocycles. The normalized spacial score (nSPS) is 14.4. The minimum atomic E-state index is -0.257. The standard InChI is InChI=1S/C19H26ClN3O3.C8H17N.C3H8/c1-13(2)17(23(4)18(25)11-21-12-24)8-14(3)19(26)22-10-15-6-5-7-16(20)9-15;1-8(2)9-6-4-3-5-7-9;1-3-2/h5-9,12-13,17H,10-11H2,1-4H3,(H,21,24)(H,22,26);8H,3-7H2,1-2H3;3H2,1-2H3/b14-8+;;/t17-;;/m1../s1. The molecule has 216 valence electrons. The van der Waals surface area contributed by atoms with E-state index in [0.29, 0.717) is 23.6 Å². The van der Waals surface area contributed by atoms with Gasteiger partial charge in [0.15, 0.2) is 0 Å². The summed E-state index contributed by atoms with van der Waals surface area (Å²) in [5.41, 5.74) is 1.43. The summed E-state index contributed by atoms with van der Waals surface area (Å²) in [5.74, 6) is -0.322. The van der Waals surface area contributed by atoms with Crippen LogP contribution >= 0.6 is 11.6 Å². The highest BCUT2D eigenvalue weighted by Gasteiger charge is 2.22. The first-order chi connectivity index (χ1) is 18.0. The van der Waals surface area contributed by atoms with E-state index in [1.54, 1.807) is 32.2 Å². The van der Waals surface area contributed by atoms with Crippen LogP contribution in [0.2, 0.25) is 5.02 Å². The molecule has 3 amide bonds. The topological polar surface area (TPSA) is 81.8 Å². The Morgan fingerprint density at radius 2 is 1.71 bits per heavy atom. The van der Waals surface area contributed by atoms with E-state index in [0.717, 1.165) is 11.6 Å². The van der Waals surface area contributed by atoms with E-state index in [-0.39, 0.29) is 30.3 Å². The molecule has 1 saturated heterocycles. The summed E-state index contributed by atoms with van der Waals surface area (Å²) in [7, 11) is 1.66. The predicted molar refractivity (Wildman–Crippen MR) is 159 cm³/mol. The number of nitrogens with one attached hydrogen (secondary N) is 2. The van der Waals surface area contributed by atoms with Gasteiger partial charge in [-0.1, -0.05) is 70.3 Å². The lowest BCUT2D eigenvalue weighted by molar-refractivity contribution is -0.132. The van der Waals surface area contributed by atoms with Crippen LogP contribution in [0.3, 0.4) is 0 Å². The Balaban J connectivity index is 0.000000938. The van der Waals surface area contributed by atoms with Gasteiger partial charge >= 0.3 is 0 Å². The monoisotopic (exact) mass is 550 g/mol. The molecule has 2 N–H and O–H groups in total. The first-order valence-electron chi connectivity index (χ1n) is 13.9. The Morgan fingerprint density at radius 3 is 2.18 bits per heavy atom. The largest absolute Gasteiger partial charge is 0.350 e. The molecule has 2 rings (SSSR count). The summed E-state index contributed by atoms with van der Waals surface area (Å²) in [4.78, 5) is 38.9. The minimum absolute atomic E-state index is 0.0724. The first kappa shape index (κ1) is 35.6. The fourth-order valence-corrected chi connectivity index (χ4v) is 4.12. The number of hydrogen-bond donors (Lipinski definition) is 2. The van der Waals surface area contributed by atoms with Crippen LogP contribution in [-0.2, 0) is 20.9 Å². The lowest BCUT2D eigenvalue weighted by Crippen LogP contribution is -2.43. The van der Waals surface area contributed by atoms with Gasteiger partial charge in [0.1, 0.15) is 0 Å². The zero-order chi connectivity index (χ0) is 29.1. The van der Waals surface area contributed by atoms with E-state index in [2.05, 4.69) is 43.2 Å². The molecule has 1 atom stereocenters. The number of piperidine rings is 1. The van der Waals surface area contributed by atoms with Crippen LogP contribution in [0.15, 0.2) is 35.9 Å². The Labute approximate surface area is 236 Å². The summed E-state index contributed by atoms with van der Waals surface area (Å²) in [6.45, 7) is 17.4. The average molecular weight is 551 g/mol. The molecular formula is C30H51ClN4O3. The van der Waals surface area contributed by atoms with Crippen LogP contribution in [0.1, 0.15) is 79.7 Å². The summed E-state index contributed by atoms with van der Waals surface area (Å²) < 4.78 is 0. The number of benzene rings is 1. The molecule has 0 saturated carbocycles. The number of likely N-dealkylation sites (tertiary alicyclic amines) is 1. The van der Waals surface area contributed by atoms with Gasteiger partial charge in [-0.25, -0.2) is 0 Å². The fraction of sp³-hybridized carbons (Fsp3) is 0.633. The van der Waals surface area contributed by atoms with E-state index in [1.165, 1.54) is 43.7 Å². The van der Waals surface area contributed by atoms with Crippen molar-refractivity contribution in [3.63, 3.8) is 0 Å². The van der Waals surface area contributed by atoms with Crippen LogP contribution < -0.4 is 10.6 Å². The SMILES string of the molecule is C/C(=C\[C@H](C(C)C)N(C)C(=O)CNC=O)C(=O)NCc1cccc(Cl)c1.CC(C)N1CCCCC1.CCC. The molecule has 1 aromatic rings. The maximum atomic E-state index is 12.3. The quantitative estimate of drug-likeness (QED) is 0.301. The second-order valence-corrected chi connectivity index (χ2v) is 10.7. The molecule has 0 aromatic heterocycles. The minimum Gasteiger partial charge on any atom is -0.350 e. The molecule has 0 bridgehead atoms. The summed E-state index contributed by atoms with van der Waals surface area (Å²) in [6, 6.07) is 7.80. The molecule has 8 heteroatoms. The van der Waals surface area contributed by atoms with Crippen LogP contribution in [0.5, 0.6) is 0 Å². The summed E-state index contributed by atoms with van der Waals surface area (Å²) in [5, 5.41) is 5.82. The van der Waals surface area contributed by atoms with Crippen molar-refractivity contribution >= 4 is 29.8 Å². The first-order valence-corrected chi connectivity index (χ1v) is 14.2. The third kappa shape index (κ3) is 15.1. The van der Waals surface area contributed by atoms with Crippen molar-refractivity contribution in [2.45, 2.75) is 92.8 Å². The summed E-state index contributed by atoms with van der Waals surface area (Å²) >= 11 is 5.94. The highest BCUT2D eigenvalue weighted by atomic mass is 35.5. The molecule has 0 unspecified atom stereocenters. The lowest BCUT2D eigenvalue weighted by Gasteiger charge is -2.29. The molecule has 1 fully saturated rings. The van der Waals surface area contributed by atoms with Gasteiger partial charge in [-0.3, -0.25) is 14.4 Å². The maximum Gasteiger partial charge on any atom is 0.246 e. The third-order valence-corrected chi connectivity index (χ3v) is 6.34. The number of carbonyl (C=O) groups excluding carboxylic acids is 3. The van der Waals surface area contributed by atoms with Crippen LogP contribution in [0.25, 0.3) is 0 Å². The van der Waals surface area contributed by atoms with Crippen LogP contribution in [0.4, 0.5) is 0 Å². The second-order valence-electron chi connectivity index (χ2n) is 10.3. The van der Waals surface area contributed by atoms with Crippen molar-refractivity contribution in [2.24, 2.45) is 5.92 Å². The number of likely N-dealkylation sites (N-methyl/N-ethyl adjacent to an activating group) is 1. The average Bonchev–Trinajstić information content (AvgIpc) is 2.89. The fourth-order valence-electron chi connectivity index (χ4n) is 3.91. The molecule has 7 nitrogen and oxygen atoms in total. The van der Waals surface area contributed by atoms with Crippen molar-refractivity contribution in [1.82, 2.24) is 20.4 Å². The number of nitrogens with zero attached hydrogens (tertiary/aromatic N) is 2. The molecular weight excluding hydrogens is 500 g/mol. The molecule has 1 aliphatic heterocycles. The Hall–Kier alpha value is -2.38. The number of amides is 3.